The smallest absolute Gasteiger partial charge is 0.346 e. The summed E-state index contributed by atoms with van der Waals surface area (Å²) >= 11 is 6.85. The molecule has 1 rings (SSSR count). The van der Waals surface area contributed by atoms with Gasteiger partial charge in [-0.15, -0.1) is 11.3 Å². The van der Waals surface area contributed by atoms with Gasteiger partial charge >= 0.3 is 5.97 Å². The fraction of sp³-hybridized carbons (Fsp3) is 0. The number of hydrogen-bond acceptors (Lipinski definition) is 3. The van der Waals surface area contributed by atoms with Gasteiger partial charge in [0.25, 0.3) is 0 Å². The normalized spacial score (nSPS) is 10.9. The molecule has 0 aliphatic carbocycles. The van der Waals surface area contributed by atoms with Gasteiger partial charge < -0.3 is 5.11 Å². The first-order chi connectivity index (χ1) is 6.13. The molecule has 0 aromatic carbocycles. The van der Waals surface area contributed by atoms with Gasteiger partial charge in [-0.2, -0.15) is 5.26 Å². The largest absolute Gasteiger partial charge is 0.477 e. The number of rotatable bonds is 2. The van der Waals surface area contributed by atoms with Crippen molar-refractivity contribution in [3.63, 3.8) is 0 Å². The number of nitriles is 1. The Hall–Kier alpha value is -1.31. The maximum absolute atomic E-state index is 10.4. The lowest BCUT2D eigenvalue weighted by molar-refractivity contribution is -0.132. The Morgan fingerprint density at radius 3 is 2.77 bits per heavy atom. The van der Waals surface area contributed by atoms with E-state index in [1.807, 2.05) is 0 Å². The van der Waals surface area contributed by atoms with Crippen LogP contribution >= 0.6 is 22.9 Å². The van der Waals surface area contributed by atoms with Gasteiger partial charge in [0.1, 0.15) is 11.6 Å². The lowest BCUT2D eigenvalue weighted by atomic mass is 10.2. The quantitative estimate of drug-likeness (QED) is 0.606. The molecule has 5 heteroatoms. The van der Waals surface area contributed by atoms with Gasteiger partial charge in [-0.05, 0) is 18.2 Å². The molecule has 0 spiro atoms. The summed E-state index contributed by atoms with van der Waals surface area (Å²) in [7, 11) is 0. The van der Waals surface area contributed by atoms with E-state index in [4.69, 9.17) is 22.0 Å². The van der Waals surface area contributed by atoms with Gasteiger partial charge in [-0.25, -0.2) is 4.79 Å². The Labute approximate surface area is 83.5 Å². The van der Waals surface area contributed by atoms with Crippen molar-refractivity contribution in [2.24, 2.45) is 0 Å². The molecule has 0 unspecified atom stereocenters. The van der Waals surface area contributed by atoms with E-state index in [2.05, 4.69) is 0 Å². The predicted octanol–water partition coefficient (Wildman–Crippen LogP) is 2.39. The standard InChI is InChI=1S/C8H4ClNO2S/c9-7-2-1-6(13-7)3-5(4-10)8(11)12/h1-3H,(H,11,12)/b5-3+. The summed E-state index contributed by atoms with van der Waals surface area (Å²) < 4.78 is 0.564. The summed E-state index contributed by atoms with van der Waals surface area (Å²) in [5, 5.41) is 17.0. The maximum Gasteiger partial charge on any atom is 0.346 e. The van der Waals surface area contributed by atoms with E-state index in [-0.39, 0.29) is 5.57 Å². The predicted molar refractivity (Wildman–Crippen MR) is 50.6 cm³/mol. The third-order valence-corrected chi connectivity index (χ3v) is 2.41. The average Bonchev–Trinajstić information content (AvgIpc) is 2.46. The number of hydrogen-bond donors (Lipinski definition) is 1. The first-order valence-corrected chi connectivity index (χ1v) is 4.43. The Kier molecular flexibility index (Phi) is 3.07. The Bertz CT molecular complexity index is 403. The zero-order valence-corrected chi connectivity index (χ0v) is 7.89. The van der Waals surface area contributed by atoms with Gasteiger partial charge in [0.05, 0.1) is 4.34 Å². The topological polar surface area (TPSA) is 61.1 Å². The van der Waals surface area contributed by atoms with Gasteiger partial charge in [-0.3, -0.25) is 0 Å². The molecule has 0 aliphatic rings. The molecule has 3 nitrogen and oxygen atoms in total. The molecule has 0 saturated carbocycles. The van der Waals surface area contributed by atoms with Crippen LogP contribution in [-0.4, -0.2) is 11.1 Å². The van der Waals surface area contributed by atoms with Crippen LogP contribution in [0.25, 0.3) is 6.08 Å². The lowest BCUT2D eigenvalue weighted by Crippen LogP contribution is -1.96. The van der Waals surface area contributed by atoms with Crippen molar-refractivity contribution in [3.8, 4) is 6.07 Å². The minimum atomic E-state index is -1.23. The molecule has 0 amide bonds. The molecule has 13 heavy (non-hydrogen) atoms. The average molecular weight is 214 g/mol. The summed E-state index contributed by atoms with van der Waals surface area (Å²) in [5.41, 5.74) is -0.293. The van der Waals surface area contributed by atoms with Crippen LogP contribution in [0.15, 0.2) is 17.7 Å². The molecule has 0 radical (unpaired) electrons. The molecule has 1 aromatic rings. The van der Waals surface area contributed by atoms with Crippen LogP contribution < -0.4 is 0 Å². The summed E-state index contributed by atoms with van der Waals surface area (Å²) in [6.45, 7) is 0. The molecule has 1 N–H and O–H groups in total. The number of halogens is 1. The highest BCUT2D eigenvalue weighted by Crippen LogP contribution is 2.23. The number of thiophene rings is 1. The maximum atomic E-state index is 10.4. The van der Waals surface area contributed by atoms with Crippen LogP contribution in [0.1, 0.15) is 4.88 Å². The van der Waals surface area contributed by atoms with Crippen LogP contribution in [0.3, 0.4) is 0 Å². The van der Waals surface area contributed by atoms with Crippen LogP contribution in [0.2, 0.25) is 4.34 Å². The second kappa shape index (κ2) is 4.08. The molecular formula is C8H4ClNO2S. The molecule has 0 aliphatic heterocycles. The molecule has 0 saturated heterocycles. The number of nitrogens with zero attached hydrogens (tertiary/aromatic N) is 1. The van der Waals surface area contributed by atoms with Crippen LogP contribution in [0.4, 0.5) is 0 Å². The zero-order chi connectivity index (χ0) is 9.84. The fourth-order valence-electron chi connectivity index (χ4n) is 0.690. The van der Waals surface area contributed by atoms with Crippen molar-refractivity contribution < 1.29 is 9.90 Å². The SMILES string of the molecule is N#C/C(=C\c1ccc(Cl)s1)C(=O)O. The van der Waals surface area contributed by atoms with Gasteiger partial charge in [0.15, 0.2) is 0 Å². The first-order valence-electron chi connectivity index (χ1n) is 3.24. The third-order valence-electron chi connectivity index (χ3n) is 1.23. The highest BCUT2D eigenvalue weighted by molar-refractivity contribution is 7.17. The lowest BCUT2D eigenvalue weighted by Gasteiger charge is -1.86. The van der Waals surface area contributed by atoms with Crippen molar-refractivity contribution in [3.05, 3.63) is 26.9 Å². The van der Waals surface area contributed by atoms with Crippen LogP contribution in [0, 0.1) is 11.3 Å². The van der Waals surface area contributed by atoms with Crippen LogP contribution in [0.5, 0.6) is 0 Å². The van der Waals surface area contributed by atoms with Gasteiger partial charge in [0.2, 0.25) is 0 Å². The molecular weight excluding hydrogens is 210 g/mol. The highest BCUT2D eigenvalue weighted by atomic mass is 35.5. The summed E-state index contributed by atoms with van der Waals surface area (Å²) in [6.07, 6.45) is 1.29. The molecule has 0 bridgehead atoms. The summed E-state index contributed by atoms with van der Waals surface area (Å²) in [4.78, 5) is 11.1. The minimum Gasteiger partial charge on any atom is -0.477 e. The molecule has 0 atom stereocenters. The summed E-state index contributed by atoms with van der Waals surface area (Å²) in [6, 6.07) is 4.89. The number of aliphatic carboxylic acids is 1. The minimum absolute atomic E-state index is 0.293. The van der Waals surface area contributed by atoms with E-state index in [9.17, 15) is 4.79 Å². The van der Waals surface area contributed by atoms with E-state index < -0.39 is 5.97 Å². The van der Waals surface area contributed by atoms with E-state index >= 15 is 0 Å². The van der Waals surface area contributed by atoms with Crippen molar-refractivity contribution in [1.82, 2.24) is 0 Å². The van der Waals surface area contributed by atoms with Crippen LogP contribution in [-0.2, 0) is 4.79 Å². The number of carboxylic acids is 1. The molecule has 1 aromatic heterocycles. The Morgan fingerprint density at radius 1 is 1.69 bits per heavy atom. The van der Waals surface area contributed by atoms with E-state index in [0.29, 0.717) is 9.21 Å². The van der Waals surface area contributed by atoms with E-state index in [1.54, 1.807) is 18.2 Å². The highest BCUT2D eigenvalue weighted by Gasteiger charge is 2.06. The number of carbonyl (C=O) groups is 1. The molecule has 1 heterocycles. The second-order valence-electron chi connectivity index (χ2n) is 2.12. The fourth-order valence-corrected chi connectivity index (χ4v) is 1.69. The molecule has 0 fully saturated rings. The monoisotopic (exact) mass is 213 g/mol. The van der Waals surface area contributed by atoms with Crippen molar-refractivity contribution in [2.45, 2.75) is 0 Å². The Morgan fingerprint density at radius 2 is 2.38 bits per heavy atom. The Balaban J connectivity index is 3.00. The van der Waals surface area contributed by atoms with Crippen molar-refractivity contribution in [1.29, 1.82) is 5.26 Å². The van der Waals surface area contributed by atoms with Gasteiger partial charge in [-0.1, -0.05) is 11.6 Å². The van der Waals surface area contributed by atoms with E-state index in [1.165, 1.54) is 17.4 Å². The molecule has 66 valence electrons. The van der Waals surface area contributed by atoms with Crippen molar-refractivity contribution >= 4 is 35.0 Å². The van der Waals surface area contributed by atoms with Gasteiger partial charge in [0, 0.05) is 4.88 Å². The second-order valence-corrected chi connectivity index (χ2v) is 3.86. The summed E-state index contributed by atoms with van der Waals surface area (Å²) in [5.74, 6) is -1.23. The van der Waals surface area contributed by atoms with E-state index in [0.717, 1.165) is 0 Å². The number of carboxylic acid groups (broad SMARTS) is 1. The first kappa shape index (κ1) is 9.78. The zero-order valence-electron chi connectivity index (χ0n) is 6.32. The third kappa shape index (κ3) is 2.58. The van der Waals surface area contributed by atoms with Crippen molar-refractivity contribution in [2.75, 3.05) is 0 Å².